The molecule has 0 unspecified atom stereocenters. The number of carbonyl (C=O) groups excluding carboxylic acids is 4. The van der Waals surface area contributed by atoms with Gasteiger partial charge in [-0.1, -0.05) is 85.6 Å². The Morgan fingerprint density at radius 3 is 1.24 bits per heavy atom. The summed E-state index contributed by atoms with van der Waals surface area (Å²) >= 11 is 0. The van der Waals surface area contributed by atoms with Crippen molar-refractivity contribution in [1.29, 1.82) is 0 Å². The molecule has 2 aliphatic heterocycles. The highest BCUT2D eigenvalue weighted by molar-refractivity contribution is 6.36. The van der Waals surface area contributed by atoms with Crippen molar-refractivity contribution in [1.82, 2.24) is 0 Å². The van der Waals surface area contributed by atoms with Gasteiger partial charge >= 0.3 is 0 Å². The molecule has 0 aliphatic carbocycles. The molecule has 5 aromatic carbocycles. The van der Waals surface area contributed by atoms with E-state index < -0.39 is 11.8 Å². The third-order valence-corrected chi connectivity index (χ3v) is 9.04. The topological polar surface area (TPSA) is 74.8 Å². The molecule has 0 spiro atoms. The lowest BCUT2D eigenvalue weighted by atomic mass is 9.99. The molecule has 0 radical (unpaired) electrons. The maximum atomic E-state index is 13.9. The summed E-state index contributed by atoms with van der Waals surface area (Å²) in [5.74, 6) is -1.54. The van der Waals surface area contributed by atoms with Crippen LogP contribution >= 0.6 is 0 Å². The van der Waals surface area contributed by atoms with Crippen molar-refractivity contribution >= 4 is 35.0 Å². The van der Waals surface area contributed by atoms with Gasteiger partial charge in [-0.05, 0) is 96.5 Å². The molecule has 0 atom stereocenters. The first-order chi connectivity index (χ1) is 22.2. The summed E-state index contributed by atoms with van der Waals surface area (Å²) in [5.41, 5.74) is 9.72. The minimum absolute atomic E-state index is 0.353. The molecule has 2 aliphatic rings. The summed E-state index contributed by atoms with van der Waals surface area (Å²) in [6, 6.07) is 30.3. The number of aryl methyl sites for hydroxylation is 4. The molecular formula is C40H32N2O4. The summed E-state index contributed by atoms with van der Waals surface area (Å²) < 4.78 is 0. The van der Waals surface area contributed by atoms with Gasteiger partial charge in [-0.3, -0.25) is 19.2 Å². The fourth-order valence-electron chi connectivity index (χ4n) is 6.47. The van der Waals surface area contributed by atoms with E-state index in [1.54, 1.807) is 36.4 Å². The fraction of sp³-hybridized carbons (Fsp3) is 0.150. The number of carbonyl (C=O) groups is 4. The smallest absolute Gasteiger partial charge is 0.266 e. The molecule has 0 N–H and O–H groups in total. The number of nitrogens with zero attached hydrogens (tertiary/aromatic N) is 2. The molecule has 5 aromatic rings. The minimum Gasteiger partial charge on any atom is -0.268 e. The lowest BCUT2D eigenvalue weighted by Gasteiger charge is -2.24. The highest BCUT2D eigenvalue weighted by Crippen LogP contribution is 2.40. The van der Waals surface area contributed by atoms with Gasteiger partial charge in [0.15, 0.2) is 0 Å². The fourth-order valence-corrected chi connectivity index (χ4v) is 6.47. The summed E-state index contributed by atoms with van der Waals surface area (Å²) in [6.07, 6.45) is 0.970. The van der Waals surface area contributed by atoms with Crippen molar-refractivity contribution in [2.75, 3.05) is 9.80 Å². The van der Waals surface area contributed by atoms with Crippen molar-refractivity contribution in [3.05, 3.63) is 142 Å². The van der Waals surface area contributed by atoms with Gasteiger partial charge < -0.3 is 0 Å². The third-order valence-electron chi connectivity index (χ3n) is 9.04. The normalized spacial score (nSPS) is 13.9. The number of amides is 4. The van der Waals surface area contributed by atoms with E-state index in [0.717, 1.165) is 33.4 Å². The Balaban J connectivity index is 1.25. The molecular weight excluding hydrogens is 572 g/mol. The minimum atomic E-state index is -0.393. The molecule has 6 nitrogen and oxygen atoms in total. The van der Waals surface area contributed by atoms with Crippen molar-refractivity contribution in [3.8, 4) is 22.3 Å². The van der Waals surface area contributed by atoms with E-state index in [1.165, 1.54) is 9.80 Å². The highest BCUT2D eigenvalue weighted by Gasteiger charge is 2.41. The van der Waals surface area contributed by atoms with Gasteiger partial charge in [-0.25, -0.2) is 9.80 Å². The van der Waals surface area contributed by atoms with Gasteiger partial charge in [0.25, 0.3) is 23.6 Å². The van der Waals surface area contributed by atoms with E-state index in [2.05, 4.69) is 0 Å². The molecule has 0 saturated heterocycles. The first-order valence-corrected chi connectivity index (χ1v) is 15.6. The lowest BCUT2D eigenvalue weighted by Crippen LogP contribution is -2.33. The zero-order chi connectivity index (χ0) is 32.3. The number of anilines is 2. The summed E-state index contributed by atoms with van der Waals surface area (Å²) in [7, 11) is 0. The van der Waals surface area contributed by atoms with Crippen LogP contribution in [-0.2, 0) is 12.8 Å². The quantitative estimate of drug-likeness (QED) is 0.183. The summed E-state index contributed by atoms with van der Waals surface area (Å²) in [5, 5.41) is 0. The Kier molecular flexibility index (Phi) is 7.01. The van der Waals surface area contributed by atoms with Gasteiger partial charge in [0.05, 0.1) is 33.6 Å². The Morgan fingerprint density at radius 1 is 0.435 bits per heavy atom. The number of fused-ring (bicyclic) bond motifs is 2. The van der Waals surface area contributed by atoms with Crippen LogP contribution in [-0.4, -0.2) is 23.6 Å². The molecule has 7 rings (SSSR count). The zero-order valence-electron chi connectivity index (χ0n) is 26.2. The van der Waals surface area contributed by atoms with E-state index in [9.17, 15) is 19.2 Å². The molecule has 0 bridgehead atoms. The summed E-state index contributed by atoms with van der Waals surface area (Å²) in [4.78, 5) is 57.6. The van der Waals surface area contributed by atoms with Crippen LogP contribution in [0.1, 0.15) is 77.5 Å². The Hall–Kier alpha value is -5.62. The molecule has 226 valence electrons. The van der Waals surface area contributed by atoms with Crippen LogP contribution in [0.2, 0.25) is 0 Å². The maximum Gasteiger partial charge on any atom is 0.266 e. The van der Waals surface area contributed by atoms with Crippen LogP contribution in [0.3, 0.4) is 0 Å². The second-order valence-electron chi connectivity index (χ2n) is 12.0. The summed E-state index contributed by atoms with van der Waals surface area (Å²) in [6.45, 7) is 7.91. The van der Waals surface area contributed by atoms with Gasteiger partial charge in [-0.15, -0.1) is 0 Å². The number of hydrogen-bond donors (Lipinski definition) is 0. The van der Waals surface area contributed by atoms with Crippen LogP contribution in [0.25, 0.3) is 22.3 Å². The van der Waals surface area contributed by atoms with E-state index in [0.29, 0.717) is 57.6 Å². The molecule has 0 fully saturated rings. The number of rotatable bonds is 6. The first kappa shape index (κ1) is 29.1. The van der Waals surface area contributed by atoms with Gasteiger partial charge in [0, 0.05) is 0 Å². The van der Waals surface area contributed by atoms with Crippen molar-refractivity contribution < 1.29 is 19.2 Å². The maximum absolute atomic E-state index is 13.9. The Labute approximate surface area is 267 Å². The second-order valence-corrected chi connectivity index (χ2v) is 12.0. The molecule has 0 saturated carbocycles. The van der Waals surface area contributed by atoms with E-state index >= 15 is 0 Å². The highest BCUT2D eigenvalue weighted by atomic mass is 16.2. The number of benzene rings is 5. The van der Waals surface area contributed by atoms with E-state index in [1.807, 2.05) is 88.4 Å². The predicted molar refractivity (Wildman–Crippen MR) is 181 cm³/mol. The largest absolute Gasteiger partial charge is 0.268 e. The van der Waals surface area contributed by atoms with E-state index in [4.69, 9.17) is 0 Å². The molecule has 2 heterocycles. The van der Waals surface area contributed by atoms with Crippen LogP contribution in [0.5, 0.6) is 0 Å². The molecule has 0 aromatic heterocycles. The molecule has 46 heavy (non-hydrogen) atoms. The van der Waals surface area contributed by atoms with Crippen LogP contribution in [0, 0.1) is 13.8 Å². The van der Waals surface area contributed by atoms with Crippen LogP contribution < -0.4 is 9.80 Å². The van der Waals surface area contributed by atoms with Gasteiger partial charge in [0.2, 0.25) is 0 Å². The average Bonchev–Trinajstić information content (AvgIpc) is 3.47. The van der Waals surface area contributed by atoms with Crippen molar-refractivity contribution in [3.63, 3.8) is 0 Å². The number of imide groups is 2. The van der Waals surface area contributed by atoms with Crippen molar-refractivity contribution in [2.45, 2.75) is 40.5 Å². The van der Waals surface area contributed by atoms with Crippen LogP contribution in [0.15, 0.2) is 97.1 Å². The molecule has 6 heteroatoms. The standard InChI is InChI=1S/C40H32N2O4/c1-5-25-19-31(41-37(43)32-17-15-29(21-34(32)39(41)45)27-11-7-23(3)8-12-27)20-26(6-2)36(25)42-38(44)33-18-16-30(22-35(33)40(42)46)28-13-9-24(4)10-14-28/h7-22H,5-6H2,1-4H3. The van der Waals surface area contributed by atoms with Gasteiger partial charge in [-0.2, -0.15) is 0 Å². The van der Waals surface area contributed by atoms with E-state index in [-0.39, 0.29) is 11.8 Å². The van der Waals surface area contributed by atoms with Gasteiger partial charge in [0.1, 0.15) is 0 Å². The molecule has 4 amide bonds. The predicted octanol–water partition coefficient (Wildman–Crippen LogP) is 8.36. The Morgan fingerprint density at radius 2 is 0.804 bits per heavy atom. The lowest BCUT2D eigenvalue weighted by molar-refractivity contribution is 0.0909. The zero-order valence-corrected chi connectivity index (χ0v) is 26.2. The first-order valence-electron chi connectivity index (χ1n) is 15.6. The third kappa shape index (κ3) is 4.57. The average molecular weight is 605 g/mol. The van der Waals surface area contributed by atoms with Crippen molar-refractivity contribution in [2.24, 2.45) is 0 Å². The monoisotopic (exact) mass is 604 g/mol. The van der Waals surface area contributed by atoms with Crippen LogP contribution in [0.4, 0.5) is 11.4 Å². The SMILES string of the molecule is CCc1cc(N2C(=O)c3ccc(-c4ccc(C)cc4)cc3C2=O)cc(CC)c1N1C(=O)c2ccc(-c3ccc(C)cc3)cc2C1=O. The second kappa shape index (κ2) is 11.1. The number of hydrogen-bond acceptors (Lipinski definition) is 4. The Bertz CT molecular complexity index is 2080.